The van der Waals surface area contributed by atoms with E-state index in [1.165, 1.54) is 103 Å². The van der Waals surface area contributed by atoms with Crippen molar-refractivity contribution in [1.82, 2.24) is 0 Å². The summed E-state index contributed by atoms with van der Waals surface area (Å²) < 4.78 is 17.2. The van der Waals surface area contributed by atoms with Crippen molar-refractivity contribution in [1.29, 1.82) is 0 Å². The number of likely N-dealkylation sites (N-methyl/N-ethyl adjacent to an activating group) is 1. The van der Waals surface area contributed by atoms with Crippen LogP contribution in [0.3, 0.4) is 0 Å². The van der Waals surface area contributed by atoms with Gasteiger partial charge in [-0.2, -0.15) is 0 Å². The summed E-state index contributed by atoms with van der Waals surface area (Å²) in [6.07, 6.45) is 45.9. The Morgan fingerprint density at radius 1 is 0.536 bits per heavy atom. The van der Waals surface area contributed by atoms with Gasteiger partial charge in [0.25, 0.3) is 0 Å². The van der Waals surface area contributed by atoms with Crippen LogP contribution in [0.4, 0.5) is 0 Å². The van der Waals surface area contributed by atoms with Crippen molar-refractivity contribution in [2.45, 2.75) is 199 Å². The van der Waals surface area contributed by atoms with Crippen molar-refractivity contribution in [3.05, 3.63) is 48.6 Å². The number of allylic oxidation sites excluding steroid dienone is 8. The van der Waals surface area contributed by atoms with Crippen LogP contribution in [0.1, 0.15) is 187 Å². The minimum absolute atomic E-state index is 0.0403. The fourth-order valence-electron chi connectivity index (χ4n) is 6.44. The van der Waals surface area contributed by atoms with Crippen LogP contribution in [-0.2, 0) is 28.6 Å². The molecular formula is C48H86NO7+. The molecule has 0 amide bonds. The molecule has 0 heterocycles. The van der Waals surface area contributed by atoms with Gasteiger partial charge in [-0.1, -0.05) is 165 Å². The molecule has 0 aromatic carbocycles. The molecule has 0 fully saturated rings. The predicted molar refractivity (Wildman–Crippen MR) is 234 cm³/mol. The molecule has 8 heteroatoms. The van der Waals surface area contributed by atoms with Gasteiger partial charge in [0.1, 0.15) is 6.61 Å². The third-order valence-corrected chi connectivity index (χ3v) is 9.98. The Balaban J connectivity index is 4.42. The Bertz CT molecular complexity index is 1060. The van der Waals surface area contributed by atoms with Crippen LogP contribution in [0.25, 0.3) is 0 Å². The predicted octanol–water partition coefficient (Wildman–Crippen LogP) is 12.4. The smallest absolute Gasteiger partial charge is 0.362 e. The highest BCUT2D eigenvalue weighted by atomic mass is 16.6. The zero-order chi connectivity index (χ0) is 41.4. The Morgan fingerprint density at radius 3 is 1.45 bits per heavy atom. The standard InChI is InChI=1S/C48H85NO7/c1-6-8-10-12-14-16-18-20-22-23-25-27-29-31-33-35-37-39-47(51)56-44(42-54-41-40-45(48(52)53)49(3,4)5)43-55-46(50)38-36-34-32-30-28-26-24-21-19-17-15-13-11-9-7-2/h14,16,20,22,25,27,31,33,44-45H,6-13,15,17-19,21,23-24,26,28-30,32,34-43H2,1-5H3/p+1/b16-14+,22-20+,27-25+,33-31+. The van der Waals surface area contributed by atoms with Gasteiger partial charge in [-0.05, 0) is 51.4 Å². The van der Waals surface area contributed by atoms with E-state index in [1.54, 1.807) is 0 Å². The monoisotopic (exact) mass is 789 g/mol. The van der Waals surface area contributed by atoms with Gasteiger partial charge in [0.2, 0.25) is 0 Å². The molecule has 324 valence electrons. The third kappa shape index (κ3) is 36.9. The van der Waals surface area contributed by atoms with Gasteiger partial charge in [-0.25, -0.2) is 4.79 Å². The zero-order valence-electron chi connectivity index (χ0n) is 36.8. The normalized spacial score (nSPS) is 13.4. The van der Waals surface area contributed by atoms with Crippen LogP contribution in [0, 0.1) is 0 Å². The molecule has 8 nitrogen and oxygen atoms in total. The molecule has 1 N–H and O–H groups in total. The molecule has 2 atom stereocenters. The SMILES string of the molecule is CCCCC/C=C/C/C=C/C/C=C/C/C=C/CCCC(=O)OC(COCCC(C(=O)O)[N+](C)(C)C)COC(=O)CCCCCCCCCCCCCCCCC. The summed E-state index contributed by atoms with van der Waals surface area (Å²) >= 11 is 0. The van der Waals surface area contributed by atoms with E-state index in [0.29, 0.717) is 19.3 Å². The van der Waals surface area contributed by atoms with E-state index in [9.17, 15) is 19.5 Å². The van der Waals surface area contributed by atoms with Gasteiger partial charge < -0.3 is 23.8 Å². The molecule has 0 rings (SSSR count). The minimum Gasteiger partial charge on any atom is -0.477 e. The summed E-state index contributed by atoms with van der Waals surface area (Å²) in [6.45, 7) is 4.66. The van der Waals surface area contributed by atoms with Crippen molar-refractivity contribution >= 4 is 17.9 Å². The number of rotatable bonds is 40. The van der Waals surface area contributed by atoms with Gasteiger partial charge in [0.05, 0.1) is 34.4 Å². The van der Waals surface area contributed by atoms with E-state index in [0.717, 1.165) is 44.9 Å². The fraction of sp³-hybridized carbons (Fsp3) is 0.771. The molecule has 0 aromatic rings. The van der Waals surface area contributed by atoms with Crippen molar-refractivity contribution in [2.75, 3.05) is 41.0 Å². The number of hydrogen-bond acceptors (Lipinski definition) is 6. The number of hydrogen-bond donors (Lipinski definition) is 1. The number of esters is 2. The van der Waals surface area contributed by atoms with Crippen molar-refractivity contribution in [3.63, 3.8) is 0 Å². The van der Waals surface area contributed by atoms with Crippen LogP contribution in [0.5, 0.6) is 0 Å². The first-order valence-corrected chi connectivity index (χ1v) is 22.7. The summed E-state index contributed by atoms with van der Waals surface area (Å²) in [5.74, 6) is -1.54. The van der Waals surface area contributed by atoms with E-state index in [4.69, 9.17) is 14.2 Å². The molecule has 2 unspecified atom stereocenters. The quantitative estimate of drug-likeness (QED) is 0.0286. The first-order valence-electron chi connectivity index (χ1n) is 22.7. The summed E-state index contributed by atoms with van der Waals surface area (Å²) in [7, 11) is 5.51. The molecule has 56 heavy (non-hydrogen) atoms. The van der Waals surface area contributed by atoms with Crippen LogP contribution < -0.4 is 0 Å². The molecule has 0 saturated heterocycles. The molecule has 0 aliphatic carbocycles. The molecule has 0 saturated carbocycles. The summed E-state index contributed by atoms with van der Waals surface area (Å²) in [6, 6.07) is -0.624. The topological polar surface area (TPSA) is 99.1 Å². The number of carboxylic acid groups (broad SMARTS) is 1. The highest BCUT2D eigenvalue weighted by Gasteiger charge is 2.31. The highest BCUT2D eigenvalue weighted by molar-refractivity contribution is 5.72. The molecule has 0 aromatic heterocycles. The number of aliphatic carboxylic acids is 1. The van der Waals surface area contributed by atoms with E-state index >= 15 is 0 Å². The maximum absolute atomic E-state index is 12.7. The van der Waals surface area contributed by atoms with Crippen molar-refractivity contribution in [3.8, 4) is 0 Å². The van der Waals surface area contributed by atoms with E-state index in [2.05, 4.69) is 62.5 Å². The maximum Gasteiger partial charge on any atom is 0.362 e. The second-order valence-corrected chi connectivity index (χ2v) is 16.3. The van der Waals surface area contributed by atoms with Crippen LogP contribution in [0.2, 0.25) is 0 Å². The first-order chi connectivity index (χ1) is 27.1. The Labute approximate surface area is 344 Å². The Kier molecular flexibility index (Phi) is 37.2. The number of carboxylic acids is 1. The maximum atomic E-state index is 12.7. The number of nitrogens with zero attached hydrogens (tertiary/aromatic N) is 1. The average Bonchev–Trinajstić information content (AvgIpc) is 3.15. The zero-order valence-corrected chi connectivity index (χ0v) is 36.8. The van der Waals surface area contributed by atoms with Gasteiger partial charge >= 0.3 is 17.9 Å². The van der Waals surface area contributed by atoms with Gasteiger partial charge in [-0.3, -0.25) is 9.59 Å². The molecule has 0 radical (unpaired) electrons. The van der Waals surface area contributed by atoms with Crippen molar-refractivity contribution < 1.29 is 38.2 Å². The lowest BCUT2D eigenvalue weighted by atomic mass is 10.0. The molecular weight excluding hydrogens is 703 g/mol. The molecule has 0 bridgehead atoms. The lowest BCUT2D eigenvalue weighted by Gasteiger charge is -2.31. The highest BCUT2D eigenvalue weighted by Crippen LogP contribution is 2.15. The summed E-state index contributed by atoms with van der Waals surface area (Å²) in [5.41, 5.74) is 0. The van der Waals surface area contributed by atoms with E-state index in [-0.39, 0.29) is 42.7 Å². The van der Waals surface area contributed by atoms with Crippen LogP contribution in [0.15, 0.2) is 48.6 Å². The lowest BCUT2D eigenvalue weighted by molar-refractivity contribution is -0.887. The first kappa shape index (κ1) is 53.3. The fourth-order valence-corrected chi connectivity index (χ4v) is 6.44. The largest absolute Gasteiger partial charge is 0.477 e. The molecule has 0 aliphatic heterocycles. The average molecular weight is 789 g/mol. The number of carbonyl (C=O) groups excluding carboxylic acids is 2. The van der Waals surface area contributed by atoms with Crippen molar-refractivity contribution in [2.24, 2.45) is 0 Å². The minimum atomic E-state index is -0.883. The number of ether oxygens (including phenoxy) is 3. The molecule has 0 aliphatic rings. The number of unbranched alkanes of at least 4 members (excludes halogenated alkanes) is 18. The summed E-state index contributed by atoms with van der Waals surface area (Å²) in [4.78, 5) is 37.0. The van der Waals surface area contributed by atoms with Crippen LogP contribution >= 0.6 is 0 Å². The van der Waals surface area contributed by atoms with Gasteiger partial charge in [0, 0.05) is 19.3 Å². The number of carbonyl (C=O) groups is 3. The summed E-state index contributed by atoms with van der Waals surface area (Å²) in [5, 5.41) is 9.62. The van der Waals surface area contributed by atoms with Gasteiger partial charge in [0.15, 0.2) is 12.1 Å². The Morgan fingerprint density at radius 2 is 0.964 bits per heavy atom. The van der Waals surface area contributed by atoms with Crippen LogP contribution in [-0.4, -0.2) is 80.6 Å². The van der Waals surface area contributed by atoms with E-state index in [1.807, 2.05) is 21.1 Å². The lowest BCUT2D eigenvalue weighted by Crippen LogP contribution is -2.50. The third-order valence-electron chi connectivity index (χ3n) is 9.98. The Hall–Kier alpha value is -2.71. The second-order valence-electron chi connectivity index (χ2n) is 16.3. The van der Waals surface area contributed by atoms with Gasteiger partial charge in [-0.15, -0.1) is 0 Å². The molecule has 0 spiro atoms. The number of quaternary nitrogens is 1. The second kappa shape index (κ2) is 39.1. The van der Waals surface area contributed by atoms with E-state index < -0.39 is 18.1 Å².